The minimum absolute atomic E-state index is 0.0820. The number of carbonyl (C=O) groups is 2. The van der Waals surface area contributed by atoms with E-state index in [1.165, 1.54) is 0 Å². The monoisotopic (exact) mass is 396 g/mol. The SMILES string of the molecule is CCOc1ccc(OCC(=O)Nc2ccc3c(c2)N(C(=O)C(C)(C)C)CC3)cc1. The maximum atomic E-state index is 12.7. The predicted molar refractivity (Wildman–Crippen MR) is 114 cm³/mol. The molecule has 2 aromatic carbocycles. The smallest absolute Gasteiger partial charge is 0.262 e. The molecular formula is C23H28N2O4. The van der Waals surface area contributed by atoms with E-state index >= 15 is 0 Å². The van der Waals surface area contributed by atoms with Gasteiger partial charge >= 0.3 is 0 Å². The Bertz CT molecular complexity index is 885. The molecule has 0 fully saturated rings. The standard InChI is InChI=1S/C23H28N2O4/c1-5-28-18-8-10-19(11-9-18)29-15-21(26)24-17-7-6-16-12-13-25(20(16)14-17)22(27)23(2,3)4/h6-11,14H,5,12-13,15H2,1-4H3,(H,24,26). The van der Waals surface area contributed by atoms with Crippen molar-refractivity contribution >= 4 is 23.2 Å². The Balaban J connectivity index is 1.61. The van der Waals surface area contributed by atoms with E-state index < -0.39 is 5.41 Å². The van der Waals surface area contributed by atoms with Crippen LogP contribution in [-0.4, -0.2) is 31.6 Å². The number of hydrogen-bond donors (Lipinski definition) is 1. The molecule has 2 amide bonds. The van der Waals surface area contributed by atoms with Crippen molar-refractivity contribution in [2.24, 2.45) is 5.41 Å². The third kappa shape index (κ3) is 5.08. The van der Waals surface area contributed by atoms with Crippen molar-refractivity contribution in [2.75, 3.05) is 30.0 Å². The first-order chi connectivity index (χ1) is 13.8. The lowest BCUT2D eigenvalue weighted by Crippen LogP contribution is -2.38. The summed E-state index contributed by atoms with van der Waals surface area (Å²) in [6, 6.07) is 12.8. The van der Waals surface area contributed by atoms with Gasteiger partial charge in [0.05, 0.1) is 6.61 Å². The molecule has 0 spiro atoms. The van der Waals surface area contributed by atoms with E-state index in [1.54, 1.807) is 29.2 Å². The highest BCUT2D eigenvalue weighted by Crippen LogP contribution is 2.34. The molecule has 0 unspecified atom stereocenters. The van der Waals surface area contributed by atoms with Gasteiger partial charge in [0.1, 0.15) is 11.5 Å². The van der Waals surface area contributed by atoms with Crippen LogP contribution in [0.15, 0.2) is 42.5 Å². The van der Waals surface area contributed by atoms with Crippen molar-refractivity contribution in [3.05, 3.63) is 48.0 Å². The number of hydrogen-bond acceptors (Lipinski definition) is 4. The summed E-state index contributed by atoms with van der Waals surface area (Å²) in [6.07, 6.45) is 0.826. The van der Waals surface area contributed by atoms with Crippen LogP contribution in [0, 0.1) is 5.41 Å². The van der Waals surface area contributed by atoms with Gasteiger partial charge in [0.2, 0.25) is 5.91 Å². The van der Waals surface area contributed by atoms with Crippen molar-refractivity contribution in [2.45, 2.75) is 34.1 Å². The van der Waals surface area contributed by atoms with Crippen LogP contribution < -0.4 is 19.7 Å². The lowest BCUT2D eigenvalue weighted by molar-refractivity contribution is -0.125. The number of fused-ring (bicyclic) bond motifs is 1. The summed E-state index contributed by atoms with van der Waals surface area (Å²) in [5, 5.41) is 2.85. The van der Waals surface area contributed by atoms with E-state index in [0.717, 1.165) is 23.4 Å². The Morgan fingerprint density at radius 3 is 2.31 bits per heavy atom. The lowest BCUT2D eigenvalue weighted by Gasteiger charge is -2.26. The Morgan fingerprint density at radius 1 is 1.03 bits per heavy atom. The van der Waals surface area contributed by atoms with Crippen LogP contribution >= 0.6 is 0 Å². The van der Waals surface area contributed by atoms with Crippen LogP contribution in [0.4, 0.5) is 11.4 Å². The van der Waals surface area contributed by atoms with Crippen molar-refractivity contribution < 1.29 is 19.1 Å². The van der Waals surface area contributed by atoms with Gasteiger partial charge in [-0.2, -0.15) is 0 Å². The van der Waals surface area contributed by atoms with Gasteiger partial charge in [0.15, 0.2) is 6.61 Å². The molecule has 29 heavy (non-hydrogen) atoms. The summed E-state index contributed by atoms with van der Waals surface area (Å²) in [5.41, 5.74) is 2.19. The molecule has 6 nitrogen and oxygen atoms in total. The normalized spacial score (nSPS) is 13.0. The zero-order valence-corrected chi connectivity index (χ0v) is 17.5. The van der Waals surface area contributed by atoms with Gasteiger partial charge in [-0.3, -0.25) is 9.59 Å². The first-order valence-corrected chi connectivity index (χ1v) is 9.88. The molecule has 0 bridgehead atoms. The Morgan fingerprint density at radius 2 is 1.69 bits per heavy atom. The van der Waals surface area contributed by atoms with E-state index in [2.05, 4.69) is 5.32 Å². The highest BCUT2D eigenvalue weighted by atomic mass is 16.5. The molecule has 0 radical (unpaired) electrons. The third-order valence-corrected chi connectivity index (χ3v) is 4.66. The van der Waals surface area contributed by atoms with Crippen molar-refractivity contribution in [3.63, 3.8) is 0 Å². The molecule has 1 aliphatic rings. The molecule has 0 saturated heterocycles. The van der Waals surface area contributed by atoms with Crippen LogP contribution in [-0.2, 0) is 16.0 Å². The van der Waals surface area contributed by atoms with Crippen LogP contribution in [0.5, 0.6) is 11.5 Å². The second kappa shape index (κ2) is 8.55. The van der Waals surface area contributed by atoms with Gasteiger partial charge in [-0.05, 0) is 55.3 Å². The molecule has 1 N–H and O–H groups in total. The average Bonchev–Trinajstić information content (AvgIpc) is 3.09. The number of benzene rings is 2. The maximum absolute atomic E-state index is 12.7. The maximum Gasteiger partial charge on any atom is 0.262 e. The van der Waals surface area contributed by atoms with E-state index in [-0.39, 0.29) is 18.4 Å². The fraction of sp³-hybridized carbons (Fsp3) is 0.391. The summed E-state index contributed by atoms with van der Waals surface area (Å²) < 4.78 is 10.9. The number of anilines is 2. The number of rotatable bonds is 6. The Kier molecular flexibility index (Phi) is 6.11. The molecular weight excluding hydrogens is 368 g/mol. The van der Waals surface area contributed by atoms with E-state index in [9.17, 15) is 9.59 Å². The van der Waals surface area contributed by atoms with Gasteiger partial charge in [-0.25, -0.2) is 0 Å². The van der Waals surface area contributed by atoms with Crippen molar-refractivity contribution in [1.82, 2.24) is 0 Å². The van der Waals surface area contributed by atoms with Gasteiger partial charge in [0.25, 0.3) is 5.91 Å². The van der Waals surface area contributed by atoms with E-state index in [0.29, 0.717) is 24.6 Å². The minimum atomic E-state index is -0.452. The van der Waals surface area contributed by atoms with Gasteiger partial charge in [0, 0.05) is 23.3 Å². The Labute approximate surface area is 171 Å². The van der Waals surface area contributed by atoms with Crippen LogP contribution in [0.2, 0.25) is 0 Å². The highest BCUT2D eigenvalue weighted by molar-refractivity contribution is 6.00. The van der Waals surface area contributed by atoms with Gasteiger partial charge < -0.3 is 19.7 Å². The number of nitrogens with zero attached hydrogens (tertiary/aromatic N) is 1. The zero-order chi connectivity index (χ0) is 21.0. The molecule has 0 aromatic heterocycles. The number of ether oxygens (including phenoxy) is 2. The van der Waals surface area contributed by atoms with Crippen LogP contribution in [0.25, 0.3) is 0 Å². The number of amides is 2. The van der Waals surface area contributed by atoms with Gasteiger partial charge in [-0.15, -0.1) is 0 Å². The number of nitrogens with one attached hydrogen (secondary N) is 1. The van der Waals surface area contributed by atoms with E-state index in [4.69, 9.17) is 9.47 Å². The summed E-state index contributed by atoms with van der Waals surface area (Å²) in [7, 11) is 0. The lowest BCUT2D eigenvalue weighted by atomic mass is 9.94. The van der Waals surface area contributed by atoms with Crippen LogP contribution in [0.1, 0.15) is 33.3 Å². The molecule has 1 aliphatic heterocycles. The molecule has 154 valence electrons. The quantitative estimate of drug-likeness (QED) is 0.800. The van der Waals surface area contributed by atoms with E-state index in [1.807, 2.05) is 45.9 Å². The topological polar surface area (TPSA) is 67.9 Å². The van der Waals surface area contributed by atoms with Crippen molar-refractivity contribution in [3.8, 4) is 11.5 Å². The second-order valence-electron chi connectivity index (χ2n) is 8.04. The second-order valence-corrected chi connectivity index (χ2v) is 8.04. The molecule has 0 aliphatic carbocycles. The molecule has 2 aromatic rings. The molecule has 1 heterocycles. The largest absolute Gasteiger partial charge is 0.494 e. The fourth-order valence-corrected chi connectivity index (χ4v) is 3.22. The predicted octanol–water partition coefficient (Wildman–Crippen LogP) is 4.04. The van der Waals surface area contributed by atoms with Crippen molar-refractivity contribution in [1.29, 1.82) is 0 Å². The highest BCUT2D eigenvalue weighted by Gasteiger charge is 2.32. The summed E-state index contributed by atoms with van der Waals surface area (Å²) in [4.78, 5) is 26.8. The summed E-state index contributed by atoms with van der Waals surface area (Å²) in [6.45, 7) is 8.83. The fourth-order valence-electron chi connectivity index (χ4n) is 3.22. The third-order valence-electron chi connectivity index (χ3n) is 4.66. The molecule has 6 heteroatoms. The summed E-state index contributed by atoms with van der Waals surface area (Å²) in [5.74, 6) is 1.18. The zero-order valence-electron chi connectivity index (χ0n) is 17.5. The first kappa shape index (κ1) is 20.7. The first-order valence-electron chi connectivity index (χ1n) is 9.88. The van der Waals surface area contributed by atoms with Gasteiger partial charge in [-0.1, -0.05) is 26.8 Å². The molecule has 0 saturated carbocycles. The molecule has 3 rings (SSSR count). The number of carbonyl (C=O) groups excluding carboxylic acids is 2. The average molecular weight is 396 g/mol. The Hall–Kier alpha value is -3.02. The minimum Gasteiger partial charge on any atom is -0.494 e. The van der Waals surface area contributed by atoms with Crippen LogP contribution in [0.3, 0.4) is 0 Å². The molecule has 0 atom stereocenters. The summed E-state index contributed by atoms with van der Waals surface area (Å²) >= 11 is 0.